The highest BCUT2D eigenvalue weighted by molar-refractivity contribution is 7.22. The quantitative estimate of drug-likeness (QED) is 0.558. The number of thiazole rings is 1. The molecule has 0 radical (unpaired) electrons. The standard InChI is InChI=1S/C21H17N3O2S/c1-4-18-19(26-10-9-25-18)11-14(1)13-23-21-24-17-3-2-16(12-20(17)27-21)15-5-7-22-8-6-15/h1-8,11-12H,9-10,13H2,(H,23,24). The molecule has 0 aliphatic carbocycles. The Balaban J connectivity index is 1.35. The number of nitrogens with zero attached hydrogens (tertiary/aromatic N) is 2. The first kappa shape index (κ1) is 16.1. The number of pyridine rings is 1. The van der Waals surface area contributed by atoms with Gasteiger partial charge in [-0.3, -0.25) is 4.98 Å². The number of fused-ring (bicyclic) bond motifs is 2. The lowest BCUT2D eigenvalue weighted by Crippen LogP contribution is -2.15. The Morgan fingerprint density at radius 2 is 1.74 bits per heavy atom. The minimum Gasteiger partial charge on any atom is -0.486 e. The van der Waals surface area contributed by atoms with E-state index in [1.807, 2.05) is 36.7 Å². The average molecular weight is 375 g/mol. The topological polar surface area (TPSA) is 56.3 Å². The van der Waals surface area contributed by atoms with Crippen molar-refractivity contribution < 1.29 is 9.47 Å². The lowest BCUT2D eigenvalue weighted by Gasteiger charge is -2.18. The van der Waals surface area contributed by atoms with Crippen molar-refractivity contribution in [3.8, 4) is 22.6 Å². The molecular formula is C21H17N3O2S. The first-order valence-electron chi connectivity index (χ1n) is 8.78. The van der Waals surface area contributed by atoms with Crippen LogP contribution in [0.15, 0.2) is 60.9 Å². The Labute approximate surface area is 160 Å². The maximum absolute atomic E-state index is 5.65. The zero-order valence-electron chi connectivity index (χ0n) is 14.5. The first-order valence-corrected chi connectivity index (χ1v) is 9.60. The highest BCUT2D eigenvalue weighted by Gasteiger charge is 2.12. The second-order valence-electron chi connectivity index (χ2n) is 6.27. The molecule has 0 atom stereocenters. The smallest absolute Gasteiger partial charge is 0.184 e. The van der Waals surface area contributed by atoms with Crippen molar-refractivity contribution >= 4 is 26.7 Å². The second-order valence-corrected chi connectivity index (χ2v) is 7.30. The highest BCUT2D eigenvalue weighted by atomic mass is 32.1. The molecule has 3 heterocycles. The number of ether oxygens (including phenoxy) is 2. The Kier molecular flexibility index (Phi) is 4.10. The number of rotatable bonds is 4. The molecule has 134 valence electrons. The SMILES string of the molecule is c1cc(-c2ccc3nc(NCc4ccc5c(c4)OCCO5)sc3c2)ccn1. The van der Waals surface area contributed by atoms with E-state index in [2.05, 4.69) is 39.6 Å². The number of hydrogen-bond donors (Lipinski definition) is 1. The van der Waals surface area contributed by atoms with Crippen LogP contribution in [-0.4, -0.2) is 23.2 Å². The summed E-state index contributed by atoms with van der Waals surface area (Å²) in [6.45, 7) is 1.90. The van der Waals surface area contributed by atoms with Crippen LogP contribution in [0.5, 0.6) is 11.5 Å². The third-order valence-corrected chi connectivity index (χ3v) is 5.43. The van der Waals surface area contributed by atoms with Crippen molar-refractivity contribution in [3.63, 3.8) is 0 Å². The predicted molar refractivity (Wildman–Crippen MR) is 108 cm³/mol. The van der Waals surface area contributed by atoms with Crippen molar-refractivity contribution in [2.75, 3.05) is 18.5 Å². The Morgan fingerprint density at radius 1 is 0.889 bits per heavy atom. The summed E-state index contributed by atoms with van der Waals surface area (Å²) < 4.78 is 12.4. The molecule has 1 aliphatic rings. The molecule has 1 N–H and O–H groups in total. The van der Waals surface area contributed by atoms with E-state index in [-0.39, 0.29) is 0 Å². The molecule has 6 heteroatoms. The molecule has 2 aromatic heterocycles. The van der Waals surface area contributed by atoms with Crippen LogP contribution in [0, 0.1) is 0 Å². The summed E-state index contributed by atoms with van der Waals surface area (Å²) in [6.07, 6.45) is 3.62. The van der Waals surface area contributed by atoms with Crippen LogP contribution in [0.25, 0.3) is 21.3 Å². The van der Waals surface area contributed by atoms with E-state index in [4.69, 9.17) is 9.47 Å². The lowest BCUT2D eigenvalue weighted by atomic mass is 10.1. The van der Waals surface area contributed by atoms with Crippen molar-refractivity contribution in [2.24, 2.45) is 0 Å². The number of aromatic nitrogens is 2. The van der Waals surface area contributed by atoms with E-state index < -0.39 is 0 Å². The van der Waals surface area contributed by atoms with Gasteiger partial charge in [0.1, 0.15) is 13.2 Å². The monoisotopic (exact) mass is 375 g/mol. The van der Waals surface area contributed by atoms with Gasteiger partial charge in [0.05, 0.1) is 10.2 Å². The van der Waals surface area contributed by atoms with Gasteiger partial charge < -0.3 is 14.8 Å². The fourth-order valence-electron chi connectivity index (χ4n) is 3.10. The third kappa shape index (κ3) is 3.31. The zero-order valence-corrected chi connectivity index (χ0v) is 15.3. The van der Waals surface area contributed by atoms with Crippen LogP contribution in [0.2, 0.25) is 0 Å². The lowest BCUT2D eigenvalue weighted by molar-refractivity contribution is 0.171. The van der Waals surface area contributed by atoms with Gasteiger partial charge >= 0.3 is 0 Å². The van der Waals surface area contributed by atoms with Crippen molar-refractivity contribution in [1.29, 1.82) is 0 Å². The van der Waals surface area contributed by atoms with Crippen molar-refractivity contribution in [3.05, 3.63) is 66.5 Å². The first-order chi connectivity index (χ1) is 13.3. The molecule has 5 rings (SSSR count). The third-order valence-electron chi connectivity index (χ3n) is 4.45. The number of nitrogens with one attached hydrogen (secondary N) is 1. The summed E-state index contributed by atoms with van der Waals surface area (Å²) in [4.78, 5) is 8.77. The van der Waals surface area contributed by atoms with Crippen LogP contribution in [0.1, 0.15) is 5.56 Å². The van der Waals surface area contributed by atoms with Gasteiger partial charge in [-0.2, -0.15) is 0 Å². The Bertz CT molecular complexity index is 1100. The Morgan fingerprint density at radius 3 is 2.63 bits per heavy atom. The van der Waals surface area contributed by atoms with Gasteiger partial charge in [-0.25, -0.2) is 4.98 Å². The normalized spacial score (nSPS) is 12.9. The van der Waals surface area contributed by atoms with Crippen molar-refractivity contribution in [1.82, 2.24) is 9.97 Å². The summed E-state index contributed by atoms with van der Waals surface area (Å²) in [5.41, 5.74) is 4.47. The fraction of sp³-hybridized carbons (Fsp3) is 0.143. The van der Waals surface area contributed by atoms with E-state index in [0.717, 1.165) is 38.0 Å². The van der Waals surface area contributed by atoms with E-state index >= 15 is 0 Å². The maximum Gasteiger partial charge on any atom is 0.184 e. The Hall–Kier alpha value is -3.12. The minimum atomic E-state index is 0.599. The number of benzene rings is 2. The van der Waals surface area contributed by atoms with E-state index in [1.165, 1.54) is 5.56 Å². The van der Waals surface area contributed by atoms with Crippen LogP contribution in [-0.2, 0) is 6.54 Å². The van der Waals surface area contributed by atoms with Gasteiger partial charge in [-0.05, 0) is 53.1 Å². The zero-order chi connectivity index (χ0) is 18.1. The van der Waals surface area contributed by atoms with Gasteiger partial charge in [0.15, 0.2) is 16.6 Å². The molecule has 0 spiro atoms. The van der Waals surface area contributed by atoms with Gasteiger partial charge in [-0.1, -0.05) is 23.5 Å². The molecule has 0 bridgehead atoms. The number of hydrogen-bond acceptors (Lipinski definition) is 6. The molecule has 4 aromatic rings. The molecule has 5 nitrogen and oxygen atoms in total. The van der Waals surface area contributed by atoms with E-state index in [9.17, 15) is 0 Å². The molecule has 1 aliphatic heterocycles. The van der Waals surface area contributed by atoms with Crippen LogP contribution >= 0.6 is 11.3 Å². The molecular weight excluding hydrogens is 358 g/mol. The molecule has 27 heavy (non-hydrogen) atoms. The largest absolute Gasteiger partial charge is 0.486 e. The minimum absolute atomic E-state index is 0.599. The summed E-state index contributed by atoms with van der Waals surface area (Å²) in [7, 11) is 0. The average Bonchev–Trinajstić information content (AvgIpc) is 3.15. The summed E-state index contributed by atoms with van der Waals surface area (Å²) in [5, 5.41) is 4.33. The molecule has 0 saturated carbocycles. The van der Waals surface area contributed by atoms with E-state index in [1.54, 1.807) is 11.3 Å². The molecule has 0 fully saturated rings. The predicted octanol–water partition coefficient (Wildman–Crippen LogP) is 4.74. The maximum atomic E-state index is 5.65. The molecule has 2 aromatic carbocycles. The van der Waals surface area contributed by atoms with E-state index in [0.29, 0.717) is 19.8 Å². The van der Waals surface area contributed by atoms with Crippen LogP contribution < -0.4 is 14.8 Å². The number of anilines is 1. The van der Waals surface area contributed by atoms with Gasteiger partial charge in [0, 0.05) is 18.9 Å². The van der Waals surface area contributed by atoms with Crippen molar-refractivity contribution in [2.45, 2.75) is 6.54 Å². The summed E-state index contributed by atoms with van der Waals surface area (Å²) in [6, 6.07) is 16.4. The fourth-order valence-corrected chi connectivity index (χ4v) is 4.00. The summed E-state index contributed by atoms with van der Waals surface area (Å²) in [5.74, 6) is 1.63. The molecule has 0 amide bonds. The molecule has 0 saturated heterocycles. The highest BCUT2D eigenvalue weighted by Crippen LogP contribution is 2.32. The second kappa shape index (κ2) is 6.89. The van der Waals surface area contributed by atoms with Crippen LogP contribution in [0.4, 0.5) is 5.13 Å². The summed E-state index contributed by atoms with van der Waals surface area (Å²) >= 11 is 1.66. The van der Waals surface area contributed by atoms with Gasteiger partial charge in [0.2, 0.25) is 0 Å². The van der Waals surface area contributed by atoms with Gasteiger partial charge in [0.25, 0.3) is 0 Å². The van der Waals surface area contributed by atoms with Crippen LogP contribution in [0.3, 0.4) is 0 Å². The van der Waals surface area contributed by atoms with Gasteiger partial charge in [-0.15, -0.1) is 0 Å². The molecule has 0 unspecified atom stereocenters.